The molecule has 0 aliphatic carbocycles. The molecule has 1 unspecified atom stereocenters. The highest BCUT2D eigenvalue weighted by Crippen LogP contribution is 2.34. The van der Waals surface area contributed by atoms with Gasteiger partial charge in [0.2, 0.25) is 0 Å². The van der Waals surface area contributed by atoms with Crippen molar-refractivity contribution in [3.05, 3.63) is 59.8 Å². The quantitative estimate of drug-likeness (QED) is 0.253. The van der Waals surface area contributed by atoms with Gasteiger partial charge in [-0.05, 0) is 65.4 Å². The highest BCUT2D eigenvalue weighted by molar-refractivity contribution is 14.1. The van der Waals surface area contributed by atoms with Crippen LogP contribution in [0.1, 0.15) is 22.8 Å². The Morgan fingerprint density at radius 2 is 2.11 bits per heavy atom. The molecular formula is C21H20IN3O3. The number of amides is 1. The summed E-state index contributed by atoms with van der Waals surface area (Å²) in [6.07, 6.45) is 2.02. The van der Waals surface area contributed by atoms with E-state index in [4.69, 9.17) is 4.74 Å². The van der Waals surface area contributed by atoms with Gasteiger partial charge in [-0.1, -0.05) is 12.1 Å². The van der Waals surface area contributed by atoms with Crippen LogP contribution in [0.25, 0.3) is 10.9 Å². The topological polar surface area (TPSA) is 63.6 Å². The molecule has 6 nitrogen and oxygen atoms in total. The van der Waals surface area contributed by atoms with Crippen molar-refractivity contribution in [1.29, 1.82) is 0 Å². The summed E-state index contributed by atoms with van der Waals surface area (Å²) in [6, 6.07) is 13.9. The largest absolute Gasteiger partial charge is 0.464 e. The van der Waals surface area contributed by atoms with E-state index in [0.29, 0.717) is 18.7 Å². The van der Waals surface area contributed by atoms with Crippen molar-refractivity contribution < 1.29 is 14.3 Å². The van der Waals surface area contributed by atoms with Crippen molar-refractivity contribution in [2.75, 3.05) is 11.9 Å². The number of ether oxygens (including phenoxy) is 1. The standard InChI is InChI=1S/C21H20IN3O3/c1-3-28-21(27)19(22)25-12-14-5-4-6-16(18(14)20(25)26)23-15-7-8-17-13(11-15)9-10-24(17)2/h4-11,19,23H,3,12H2,1-2H3. The monoisotopic (exact) mass is 489 g/mol. The Labute approximate surface area is 176 Å². The van der Waals surface area contributed by atoms with Crippen LogP contribution in [0.2, 0.25) is 0 Å². The van der Waals surface area contributed by atoms with Crippen LogP contribution in [0, 0.1) is 0 Å². The molecule has 7 heteroatoms. The maximum atomic E-state index is 13.0. The number of halogens is 1. The Morgan fingerprint density at radius 1 is 1.29 bits per heavy atom. The van der Waals surface area contributed by atoms with Crippen LogP contribution in [0.3, 0.4) is 0 Å². The van der Waals surface area contributed by atoms with Crippen LogP contribution in [0.5, 0.6) is 0 Å². The predicted molar refractivity (Wildman–Crippen MR) is 117 cm³/mol. The molecule has 0 bridgehead atoms. The number of fused-ring (bicyclic) bond motifs is 2. The van der Waals surface area contributed by atoms with E-state index >= 15 is 0 Å². The van der Waals surface area contributed by atoms with Crippen LogP contribution < -0.4 is 5.32 Å². The second-order valence-corrected chi connectivity index (χ2v) is 7.87. The molecule has 2 aromatic carbocycles. The molecule has 1 amide bonds. The lowest BCUT2D eigenvalue weighted by Gasteiger charge is -2.21. The summed E-state index contributed by atoms with van der Waals surface area (Å²) in [6.45, 7) is 2.45. The summed E-state index contributed by atoms with van der Waals surface area (Å²) < 4.78 is 6.49. The summed E-state index contributed by atoms with van der Waals surface area (Å²) in [5, 5.41) is 4.50. The van der Waals surface area contributed by atoms with Crippen molar-refractivity contribution in [2.24, 2.45) is 7.05 Å². The Bertz CT molecular complexity index is 1080. The third kappa shape index (κ3) is 3.23. The van der Waals surface area contributed by atoms with Crippen molar-refractivity contribution >= 4 is 56.7 Å². The van der Waals surface area contributed by atoms with Crippen molar-refractivity contribution in [1.82, 2.24) is 9.47 Å². The van der Waals surface area contributed by atoms with Crippen LogP contribution in [-0.2, 0) is 23.1 Å². The fraction of sp³-hybridized carbons (Fsp3) is 0.238. The molecule has 1 aliphatic rings. The molecule has 1 aromatic heterocycles. The highest BCUT2D eigenvalue weighted by atomic mass is 127. The molecule has 0 saturated heterocycles. The number of esters is 1. The predicted octanol–water partition coefficient (Wildman–Crippen LogP) is 4.20. The van der Waals surface area contributed by atoms with E-state index in [0.717, 1.165) is 27.8 Å². The summed E-state index contributed by atoms with van der Waals surface area (Å²) in [4.78, 5) is 26.7. The number of anilines is 2. The number of aromatic nitrogens is 1. The van der Waals surface area contributed by atoms with Gasteiger partial charge >= 0.3 is 5.97 Å². The molecule has 1 atom stereocenters. The van der Waals surface area contributed by atoms with Gasteiger partial charge in [-0.15, -0.1) is 0 Å². The molecule has 0 fully saturated rings. The minimum atomic E-state index is -0.647. The minimum absolute atomic E-state index is 0.161. The Kier molecular flexibility index (Phi) is 5.01. The molecule has 0 saturated carbocycles. The van der Waals surface area contributed by atoms with E-state index < -0.39 is 10.0 Å². The number of hydrogen-bond donors (Lipinski definition) is 1. The Morgan fingerprint density at radius 3 is 2.89 bits per heavy atom. The zero-order valence-corrected chi connectivity index (χ0v) is 17.8. The fourth-order valence-corrected chi connectivity index (χ4v) is 4.15. The van der Waals surface area contributed by atoms with Crippen molar-refractivity contribution in [3.63, 3.8) is 0 Å². The molecule has 3 aromatic rings. The average Bonchev–Trinajstić information content (AvgIpc) is 3.22. The van der Waals surface area contributed by atoms with E-state index in [9.17, 15) is 9.59 Å². The van der Waals surface area contributed by atoms with Crippen LogP contribution in [0.15, 0.2) is 48.7 Å². The van der Waals surface area contributed by atoms with Gasteiger partial charge in [0.1, 0.15) is 0 Å². The number of hydrogen-bond acceptors (Lipinski definition) is 4. The molecular weight excluding hydrogens is 469 g/mol. The summed E-state index contributed by atoms with van der Waals surface area (Å²) >= 11 is 1.96. The minimum Gasteiger partial charge on any atom is -0.464 e. The van der Waals surface area contributed by atoms with E-state index in [1.807, 2.05) is 60.1 Å². The van der Waals surface area contributed by atoms with Gasteiger partial charge in [-0.25, -0.2) is 4.79 Å². The van der Waals surface area contributed by atoms with Gasteiger partial charge in [-0.3, -0.25) is 4.79 Å². The molecule has 2 heterocycles. The Balaban J connectivity index is 1.62. The van der Waals surface area contributed by atoms with E-state index in [1.54, 1.807) is 11.8 Å². The lowest BCUT2D eigenvalue weighted by Crippen LogP contribution is -2.38. The lowest BCUT2D eigenvalue weighted by molar-refractivity contribution is -0.144. The summed E-state index contributed by atoms with van der Waals surface area (Å²) in [5.41, 5.74) is 4.32. The lowest BCUT2D eigenvalue weighted by atomic mass is 10.1. The van der Waals surface area contributed by atoms with Crippen LogP contribution >= 0.6 is 22.6 Å². The molecule has 1 aliphatic heterocycles. The number of carbonyl (C=O) groups is 2. The zero-order valence-electron chi connectivity index (χ0n) is 15.6. The van der Waals surface area contributed by atoms with Gasteiger partial charge in [0.05, 0.1) is 17.9 Å². The number of alkyl halides is 1. The highest BCUT2D eigenvalue weighted by Gasteiger charge is 2.37. The number of nitrogens with one attached hydrogen (secondary N) is 1. The van der Waals surface area contributed by atoms with Crippen LogP contribution in [-0.4, -0.2) is 32.0 Å². The van der Waals surface area contributed by atoms with E-state index in [1.165, 1.54) is 0 Å². The van der Waals surface area contributed by atoms with Gasteiger partial charge in [0, 0.05) is 36.4 Å². The number of aryl methyl sites for hydroxylation is 1. The van der Waals surface area contributed by atoms with Gasteiger partial charge in [0.25, 0.3) is 5.91 Å². The van der Waals surface area contributed by atoms with Gasteiger partial charge < -0.3 is 19.5 Å². The molecule has 144 valence electrons. The van der Waals surface area contributed by atoms with Crippen LogP contribution in [0.4, 0.5) is 11.4 Å². The maximum Gasteiger partial charge on any atom is 0.339 e. The first-order valence-corrected chi connectivity index (χ1v) is 10.3. The first-order valence-electron chi connectivity index (χ1n) is 9.05. The van der Waals surface area contributed by atoms with E-state index in [2.05, 4.69) is 28.1 Å². The average molecular weight is 489 g/mol. The third-order valence-electron chi connectivity index (χ3n) is 4.89. The van der Waals surface area contributed by atoms with Crippen molar-refractivity contribution in [3.8, 4) is 0 Å². The molecule has 4 rings (SSSR count). The second-order valence-electron chi connectivity index (χ2n) is 6.69. The third-order valence-corrected chi connectivity index (χ3v) is 6.07. The first kappa shape index (κ1) is 18.8. The SMILES string of the molecule is CCOC(=O)C(I)N1Cc2cccc(Nc3ccc4c(ccn4C)c3)c2C1=O. The normalized spacial score (nSPS) is 14.2. The fourth-order valence-electron chi connectivity index (χ4n) is 3.52. The summed E-state index contributed by atoms with van der Waals surface area (Å²) in [5.74, 6) is -0.556. The number of rotatable bonds is 5. The number of nitrogens with zero attached hydrogens (tertiary/aromatic N) is 2. The zero-order chi connectivity index (χ0) is 19.8. The molecule has 1 N–H and O–H groups in total. The summed E-state index contributed by atoms with van der Waals surface area (Å²) in [7, 11) is 2.01. The van der Waals surface area contributed by atoms with Gasteiger partial charge in [-0.2, -0.15) is 0 Å². The Hall–Kier alpha value is -2.55. The first-order chi connectivity index (χ1) is 13.5. The van der Waals surface area contributed by atoms with Crippen molar-refractivity contribution in [2.45, 2.75) is 17.5 Å². The van der Waals surface area contributed by atoms with E-state index in [-0.39, 0.29) is 5.91 Å². The smallest absolute Gasteiger partial charge is 0.339 e. The molecule has 0 radical (unpaired) electrons. The maximum absolute atomic E-state index is 13.0. The van der Waals surface area contributed by atoms with Gasteiger partial charge in [0.15, 0.2) is 4.05 Å². The number of carbonyl (C=O) groups excluding carboxylic acids is 2. The number of benzene rings is 2. The second kappa shape index (κ2) is 7.46. The molecule has 0 spiro atoms. The molecule has 28 heavy (non-hydrogen) atoms.